The number of methoxy groups -OCH3 is 2. The van der Waals surface area contributed by atoms with Crippen LogP contribution in [0.25, 0.3) is 0 Å². The van der Waals surface area contributed by atoms with E-state index in [2.05, 4.69) is 24.5 Å². The van der Waals surface area contributed by atoms with Gasteiger partial charge < -0.3 is 20.1 Å². The highest BCUT2D eigenvalue weighted by Crippen LogP contribution is 2.10. The number of hydrogen-bond acceptors (Lipinski definition) is 4. The summed E-state index contributed by atoms with van der Waals surface area (Å²) in [5.41, 5.74) is -0.0102. The van der Waals surface area contributed by atoms with Gasteiger partial charge in [-0.25, -0.2) is 0 Å². The topological polar surface area (TPSA) is 42.5 Å². The lowest BCUT2D eigenvalue weighted by Crippen LogP contribution is -2.30. The van der Waals surface area contributed by atoms with Crippen molar-refractivity contribution in [3.63, 3.8) is 0 Å². The predicted octanol–water partition coefficient (Wildman–Crippen LogP) is 1.02. The third kappa shape index (κ3) is 10.4. The van der Waals surface area contributed by atoms with Crippen LogP contribution in [0.4, 0.5) is 0 Å². The first-order valence-corrected chi connectivity index (χ1v) is 6.08. The molecule has 0 saturated heterocycles. The number of rotatable bonds is 11. The van der Waals surface area contributed by atoms with E-state index in [0.29, 0.717) is 0 Å². The lowest BCUT2D eigenvalue weighted by Gasteiger charge is -2.22. The van der Waals surface area contributed by atoms with Crippen LogP contribution in [-0.2, 0) is 9.47 Å². The fourth-order valence-corrected chi connectivity index (χ4v) is 1.25. The van der Waals surface area contributed by atoms with Gasteiger partial charge in [-0.3, -0.25) is 0 Å². The van der Waals surface area contributed by atoms with Crippen LogP contribution in [0.15, 0.2) is 0 Å². The minimum absolute atomic E-state index is 0.0102. The molecule has 98 valence electrons. The molecule has 0 atom stereocenters. The highest BCUT2D eigenvalue weighted by molar-refractivity contribution is 4.68. The van der Waals surface area contributed by atoms with E-state index in [4.69, 9.17) is 9.47 Å². The molecule has 0 aromatic heterocycles. The molecule has 0 heterocycles. The van der Waals surface area contributed by atoms with Crippen molar-refractivity contribution in [1.82, 2.24) is 10.6 Å². The molecule has 4 heteroatoms. The van der Waals surface area contributed by atoms with Crippen molar-refractivity contribution in [3.05, 3.63) is 0 Å². The highest BCUT2D eigenvalue weighted by atomic mass is 16.5. The largest absolute Gasteiger partial charge is 0.383 e. The second-order valence-electron chi connectivity index (χ2n) is 4.56. The van der Waals surface area contributed by atoms with Gasteiger partial charge in [-0.2, -0.15) is 0 Å². The summed E-state index contributed by atoms with van der Waals surface area (Å²) in [6.07, 6.45) is 2.19. The molecule has 4 nitrogen and oxygen atoms in total. The van der Waals surface area contributed by atoms with Gasteiger partial charge in [0.05, 0.1) is 12.2 Å². The fraction of sp³-hybridized carbons (Fsp3) is 1.00. The van der Waals surface area contributed by atoms with E-state index in [-0.39, 0.29) is 5.60 Å². The number of ether oxygens (including phenoxy) is 2. The van der Waals surface area contributed by atoms with Gasteiger partial charge in [-0.05, 0) is 46.3 Å². The Kier molecular flexibility index (Phi) is 9.92. The second-order valence-corrected chi connectivity index (χ2v) is 4.56. The van der Waals surface area contributed by atoms with Crippen molar-refractivity contribution in [2.75, 3.05) is 47.0 Å². The van der Waals surface area contributed by atoms with Crippen molar-refractivity contribution in [1.29, 1.82) is 0 Å². The first kappa shape index (κ1) is 15.8. The molecule has 0 aliphatic heterocycles. The van der Waals surface area contributed by atoms with E-state index in [1.807, 2.05) is 0 Å². The van der Waals surface area contributed by atoms with Crippen LogP contribution in [0, 0.1) is 0 Å². The van der Waals surface area contributed by atoms with Crippen LogP contribution < -0.4 is 10.6 Å². The summed E-state index contributed by atoms with van der Waals surface area (Å²) in [7, 11) is 3.49. The van der Waals surface area contributed by atoms with Crippen molar-refractivity contribution < 1.29 is 9.47 Å². The number of hydrogen-bond donors (Lipinski definition) is 2. The second kappa shape index (κ2) is 10.0. The van der Waals surface area contributed by atoms with Crippen LogP contribution in [0.1, 0.15) is 26.7 Å². The van der Waals surface area contributed by atoms with Gasteiger partial charge in [0.1, 0.15) is 0 Å². The summed E-state index contributed by atoms with van der Waals surface area (Å²) >= 11 is 0. The minimum atomic E-state index is -0.0102. The van der Waals surface area contributed by atoms with Crippen LogP contribution in [0.5, 0.6) is 0 Å². The van der Waals surface area contributed by atoms with Crippen molar-refractivity contribution in [3.8, 4) is 0 Å². The Morgan fingerprint density at radius 2 is 1.56 bits per heavy atom. The zero-order valence-corrected chi connectivity index (χ0v) is 11.3. The Hall–Kier alpha value is -0.160. The van der Waals surface area contributed by atoms with Crippen molar-refractivity contribution >= 4 is 0 Å². The zero-order valence-electron chi connectivity index (χ0n) is 11.3. The third-order valence-electron chi connectivity index (χ3n) is 2.65. The Labute approximate surface area is 100 Å². The monoisotopic (exact) mass is 232 g/mol. The maximum atomic E-state index is 5.34. The summed E-state index contributed by atoms with van der Waals surface area (Å²) in [5.74, 6) is 0. The molecule has 0 unspecified atom stereocenters. The molecule has 0 spiro atoms. The maximum Gasteiger partial charge on any atom is 0.0634 e. The van der Waals surface area contributed by atoms with E-state index < -0.39 is 0 Å². The van der Waals surface area contributed by atoms with Gasteiger partial charge in [0.15, 0.2) is 0 Å². The van der Waals surface area contributed by atoms with Crippen molar-refractivity contribution in [2.24, 2.45) is 0 Å². The quantitative estimate of drug-likeness (QED) is 0.522. The Bertz CT molecular complexity index is 152. The van der Waals surface area contributed by atoms with E-state index in [1.165, 1.54) is 0 Å². The summed E-state index contributed by atoms with van der Waals surface area (Å²) < 4.78 is 10.3. The predicted molar refractivity (Wildman–Crippen MR) is 67.9 cm³/mol. The average molecular weight is 232 g/mol. The lowest BCUT2D eigenvalue weighted by atomic mass is 10.1. The van der Waals surface area contributed by atoms with Crippen molar-refractivity contribution in [2.45, 2.75) is 32.3 Å². The standard InChI is InChI=1S/C12H28N2O2/c1-12(2,16-4)6-9-13-7-5-8-14-10-11-15-3/h13-14H,5-11H2,1-4H3. The van der Waals surface area contributed by atoms with Crippen LogP contribution >= 0.6 is 0 Å². The average Bonchev–Trinajstić information content (AvgIpc) is 2.27. The van der Waals surface area contributed by atoms with Crippen LogP contribution in [-0.4, -0.2) is 52.6 Å². The van der Waals surface area contributed by atoms with Gasteiger partial charge >= 0.3 is 0 Å². The van der Waals surface area contributed by atoms with Gasteiger partial charge in [-0.15, -0.1) is 0 Å². The normalized spacial score (nSPS) is 12.0. The van der Waals surface area contributed by atoms with Gasteiger partial charge in [-0.1, -0.05) is 0 Å². The molecule has 0 aromatic rings. The minimum Gasteiger partial charge on any atom is -0.383 e. The molecule has 0 aliphatic rings. The van der Waals surface area contributed by atoms with Gasteiger partial charge in [0, 0.05) is 20.8 Å². The summed E-state index contributed by atoms with van der Waals surface area (Å²) in [5, 5.41) is 6.73. The molecule has 0 fully saturated rings. The molecule has 0 rings (SSSR count). The van der Waals surface area contributed by atoms with E-state index in [0.717, 1.165) is 45.6 Å². The molecule has 0 aromatic carbocycles. The van der Waals surface area contributed by atoms with E-state index >= 15 is 0 Å². The lowest BCUT2D eigenvalue weighted by molar-refractivity contribution is 0.0159. The van der Waals surface area contributed by atoms with E-state index in [9.17, 15) is 0 Å². The fourth-order valence-electron chi connectivity index (χ4n) is 1.25. The highest BCUT2D eigenvalue weighted by Gasteiger charge is 2.14. The Balaban J connectivity index is 3.10. The Morgan fingerprint density at radius 1 is 0.938 bits per heavy atom. The van der Waals surface area contributed by atoms with Crippen LogP contribution in [0.3, 0.4) is 0 Å². The molecule has 0 radical (unpaired) electrons. The van der Waals surface area contributed by atoms with Gasteiger partial charge in [0.2, 0.25) is 0 Å². The third-order valence-corrected chi connectivity index (χ3v) is 2.65. The molecular weight excluding hydrogens is 204 g/mol. The summed E-state index contributed by atoms with van der Waals surface area (Å²) in [4.78, 5) is 0. The maximum absolute atomic E-state index is 5.34. The molecule has 2 N–H and O–H groups in total. The van der Waals surface area contributed by atoms with Crippen LogP contribution in [0.2, 0.25) is 0 Å². The molecule has 0 saturated carbocycles. The Morgan fingerprint density at radius 3 is 2.12 bits per heavy atom. The summed E-state index contributed by atoms with van der Waals surface area (Å²) in [6.45, 7) is 9.06. The summed E-state index contributed by atoms with van der Waals surface area (Å²) in [6, 6.07) is 0. The number of nitrogens with one attached hydrogen (secondary N) is 2. The molecule has 16 heavy (non-hydrogen) atoms. The zero-order chi connectivity index (χ0) is 12.3. The van der Waals surface area contributed by atoms with Gasteiger partial charge in [0.25, 0.3) is 0 Å². The molecule has 0 amide bonds. The SMILES string of the molecule is COCCNCCCNCCC(C)(C)OC. The molecule has 0 bridgehead atoms. The molecular formula is C12H28N2O2. The smallest absolute Gasteiger partial charge is 0.0634 e. The molecule has 0 aliphatic carbocycles. The first-order chi connectivity index (χ1) is 7.62. The van der Waals surface area contributed by atoms with E-state index in [1.54, 1.807) is 14.2 Å². The first-order valence-electron chi connectivity index (χ1n) is 6.08.